The molecule has 0 aliphatic carbocycles. The molecule has 0 bridgehead atoms. The van der Waals surface area contributed by atoms with Gasteiger partial charge in [0.1, 0.15) is 5.82 Å². The normalized spacial score (nSPS) is 12.6. The highest BCUT2D eigenvalue weighted by Crippen LogP contribution is 2.30. The van der Waals surface area contributed by atoms with Gasteiger partial charge in [-0.2, -0.15) is 0 Å². The van der Waals surface area contributed by atoms with Crippen molar-refractivity contribution < 1.29 is 0 Å². The summed E-state index contributed by atoms with van der Waals surface area (Å²) in [6.45, 7) is 0. The lowest BCUT2D eigenvalue weighted by Crippen LogP contribution is -2.19. The van der Waals surface area contributed by atoms with Gasteiger partial charge in [0.05, 0.1) is 10.0 Å². The molecule has 0 saturated heterocycles. The molecule has 0 amide bonds. The smallest absolute Gasteiger partial charge is 0.107 e. The molecule has 1 heterocycles. The molecule has 0 fully saturated rings. The summed E-state index contributed by atoms with van der Waals surface area (Å²) < 4.78 is 0. The highest BCUT2D eigenvalue weighted by Gasteiger charge is 2.16. The number of H-pyrrole nitrogens is 1. The van der Waals surface area contributed by atoms with Gasteiger partial charge in [0.15, 0.2) is 0 Å². The van der Waals surface area contributed by atoms with Crippen LogP contribution in [0, 0.1) is 0 Å². The Labute approximate surface area is 110 Å². The molecule has 0 spiro atoms. The monoisotopic (exact) mass is 269 g/mol. The van der Waals surface area contributed by atoms with E-state index in [4.69, 9.17) is 23.2 Å². The van der Waals surface area contributed by atoms with E-state index in [1.807, 2.05) is 25.4 Å². The Morgan fingerprint density at radius 3 is 2.88 bits per heavy atom. The first kappa shape index (κ1) is 12.4. The van der Waals surface area contributed by atoms with Crippen LogP contribution in [-0.2, 0) is 6.42 Å². The molecule has 3 nitrogen and oxygen atoms in total. The zero-order valence-electron chi connectivity index (χ0n) is 9.37. The molecule has 5 heteroatoms. The van der Waals surface area contributed by atoms with Gasteiger partial charge in [-0.1, -0.05) is 35.3 Å². The summed E-state index contributed by atoms with van der Waals surface area (Å²) in [5, 5.41) is 4.39. The summed E-state index contributed by atoms with van der Waals surface area (Å²) in [5.41, 5.74) is 0.984. The molecule has 90 valence electrons. The van der Waals surface area contributed by atoms with Crippen molar-refractivity contribution in [3.63, 3.8) is 0 Å². The maximum absolute atomic E-state index is 6.20. The minimum atomic E-state index is 0.0901. The zero-order chi connectivity index (χ0) is 12.3. The third kappa shape index (κ3) is 2.80. The Morgan fingerprint density at radius 2 is 2.24 bits per heavy atom. The molecule has 1 unspecified atom stereocenters. The van der Waals surface area contributed by atoms with Crippen molar-refractivity contribution in [2.24, 2.45) is 0 Å². The fourth-order valence-electron chi connectivity index (χ4n) is 1.76. The average molecular weight is 270 g/mol. The Kier molecular flexibility index (Phi) is 4.05. The minimum absolute atomic E-state index is 0.0901. The van der Waals surface area contributed by atoms with Gasteiger partial charge in [-0.25, -0.2) is 4.98 Å². The van der Waals surface area contributed by atoms with Crippen LogP contribution in [0.2, 0.25) is 10.0 Å². The number of nitrogens with one attached hydrogen (secondary N) is 2. The first-order chi connectivity index (χ1) is 8.22. The van der Waals surface area contributed by atoms with Crippen LogP contribution in [0.15, 0.2) is 30.6 Å². The number of nitrogens with zero attached hydrogens (tertiary/aromatic N) is 1. The van der Waals surface area contributed by atoms with Crippen LogP contribution in [0.25, 0.3) is 0 Å². The average Bonchev–Trinajstić information content (AvgIpc) is 2.83. The fourth-order valence-corrected chi connectivity index (χ4v) is 2.20. The molecule has 0 saturated carbocycles. The number of aromatic nitrogens is 2. The predicted molar refractivity (Wildman–Crippen MR) is 70.6 cm³/mol. The highest BCUT2D eigenvalue weighted by molar-refractivity contribution is 6.42. The van der Waals surface area contributed by atoms with Crippen LogP contribution in [0.5, 0.6) is 0 Å². The van der Waals surface area contributed by atoms with Gasteiger partial charge in [-0.3, -0.25) is 0 Å². The van der Waals surface area contributed by atoms with Gasteiger partial charge < -0.3 is 10.3 Å². The molecule has 17 heavy (non-hydrogen) atoms. The maximum Gasteiger partial charge on any atom is 0.107 e. The van der Waals surface area contributed by atoms with Gasteiger partial charge in [-0.05, 0) is 18.7 Å². The fraction of sp³-hybridized carbons (Fsp3) is 0.250. The number of likely N-dealkylation sites (N-methyl/N-ethyl adjacent to an activating group) is 1. The molecule has 1 atom stereocenters. The van der Waals surface area contributed by atoms with Crippen LogP contribution < -0.4 is 5.32 Å². The third-order valence-electron chi connectivity index (χ3n) is 2.66. The number of benzene rings is 1. The first-order valence-corrected chi connectivity index (χ1v) is 6.07. The molecule has 1 aromatic heterocycles. The predicted octanol–water partition coefficient (Wildman–Crippen LogP) is 3.22. The minimum Gasteiger partial charge on any atom is -0.349 e. The van der Waals surface area contributed by atoms with E-state index in [1.165, 1.54) is 0 Å². The van der Waals surface area contributed by atoms with Crippen LogP contribution in [0.1, 0.15) is 17.4 Å². The Balaban J connectivity index is 2.26. The van der Waals surface area contributed by atoms with Crippen molar-refractivity contribution in [1.29, 1.82) is 0 Å². The van der Waals surface area contributed by atoms with Gasteiger partial charge in [0, 0.05) is 24.9 Å². The lowest BCUT2D eigenvalue weighted by Gasteiger charge is -2.17. The Morgan fingerprint density at radius 1 is 1.41 bits per heavy atom. The van der Waals surface area contributed by atoms with E-state index < -0.39 is 0 Å². The second kappa shape index (κ2) is 5.54. The quantitative estimate of drug-likeness (QED) is 0.895. The lowest BCUT2D eigenvalue weighted by atomic mass is 10.0. The molecule has 0 aliphatic heterocycles. The van der Waals surface area contributed by atoms with Gasteiger partial charge in [0.25, 0.3) is 0 Å². The number of hydrogen-bond acceptors (Lipinski definition) is 2. The van der Waals surface area contributed by atoms with Crippen LogP contribution in [-0.4, -0.2) is 17.0 Å². The zero-order valence-corrected chi connectivity index (χ0v) is 10.9. The maximum atomic E-state index is 6.20. The van der Waals surface area contributed by atoms with Gasteiger partial charge >= 0.3 is 0 Å². The third-order valence-corrected chi connectivity index (χ3v) is 3.49. The number of halogens is 2. The van der Waals surface area contributed by atoms with Crippen LogP contribution in [0.3, 0.4) is 0 Å². The summed E-state index contributed by atoms with van der Waals surface area (Å²) in [4.78, 5) is 7.29. The van der Waals surface area contributed by atoms with Crippen molar-refractivity contribution in [2.75, 3.05) is 7.05 Å². The molecule has 2 aromatic rings. The molecular weight excluding hydrogens is 257 g/mol. The lowest BCUT2D eigenvalue weighted by molar-refractivity contribution is 0.578. The molecule has 0 aliphatic rings. The second-order valence-corrected chi connectivity index (χ2v) is 4.51. The van der Waals surface area contributed by atoms with Crippen molar-refractivity contribution in [3.8, 4) is 0 Å². The highest BCUT2D eigenvalue weighted by atomic mass is 35.5. The summed E-state index contributed by atoms with van der Waals surface area (Å²) in [7, 11) is 1.89. The number of aromatic amines is 1. The number of imidazole rings is 1. The first-order valence-electron chi connectivity index (χ1n) is 5.31. The largest absolute Gasteiger partial charge is 0.349 e. The van der Waals surface area contributed by atoms with Crippen molar-refractivity contribution in [1.82, 2.24) is 15.3 Å². The summed E-state index contributed by atoms with van der Waals surface area (Å²) >= 11 is 12.2. The molecular formula is C12H13Cl2N3. The Hall–Kier alpha value is -1.03. The van der Waals surface area contributed by atoms with E-state index in [0.717, 1.165) is 17.8 Å². The topological polar surface area (TPSA) is 40.7 Å². The molecule has 0 radical (unpaired) electrons. The van der Waals surface area contributed by atoms with Crippen molar-refractivity contribution in [2.45, 2.75) is 12.5 Å². The van der Waals surface area contributed by atoms with Gasteiger partial charge in [-0.15, -0.1) is 0 Å². The van der Waals surface area contributed by atoms with E-state index in [0.29, 0.717) is 10.0 Å². The number of hydrogen-bond donors (Lipinski definition) is 2. The van der Waals surface area contributed by atoms with E-state index in [1.54, 1.807) is 12.3 Å². The van der Waals surface area contributed by atoms with Crippen LogP contribution in [0.4, 0.5) is 0 Å². The van der Waals surface area contributed by atoms with Crippen LogP contribution >= 0.6 is 23.2 Å². The standard InChI is InChI=1S/C12H13Cl2N3/c1-15-10(7-11-16-5-6-17-11)8-3-2-4-9(13)12(8)14/h2-6,10,15H,7H2,1H3,(H,16,17). The van der Waals surface area contributed by atoms with E-state index in [-0.39, 0.29) is 6.04 Å². The number of rotatable bonds is 4. The molecule has 2 rings (SSSR count). The molecule has 2 N–H and O–H groups in total. The second-order valence-electron chi connectivity index (χ2n) is 3.72. The van der Waals surface area contributed by atoms with E-state index in [9.17, 15) is 0 Å². The molecule has 1 aromatic carbocycles. The van der Waals surface area contributed by atoms with Gasteiger partial charge in [0.2, 0.25) is 0 Å². The summed E-state index contributed by atoms with van der Waals surface area (Å²) in [6, 6.07) is 5.74. The Bertz CT molecular complexity index is 483. The summed E-state index contributed by atoms with van der Waals surface area (Å²) in [6.07, 6.45) is 4.28. The van der Waals surface area contributed by atoms with Crippen molar-refractivity contribution >= 4 is 23.2 Å². The SMILES string of the molecule is CNC(Cc1ncc[nH]1)c1cccc(Cl)c1Cl. The van der Waals surface area contributed by atoms with E-state index in [2.05, 4.69) is 15.3 Å². The van der Waals surface area contributed by atoms with E-state index >= 15 is 0 Å². The summed E-state index contributed by atoms with van der Waals surface area (Å²) in [5.74, 6) is 0.917. The van der Waals surface area contributed by atoms with Crippen molar-refractivity contribution in [3.05, 3.63) is 52.0 Å².